The molecule has 0 N–H and O–H groups in total. The number of tetrazole rings is 1. The van der Waals surface area contributed by atoms with Gasteiger partial charge in [0, 0.05) is 38.8 Å². The Balaban J connectivity index is 1.75. The molecular formula is C31H35F9N6O2. The molecule has 8 nitrogen and oxygen atoms in total. The number of halogens is 9. The zero-order valence-corrected chi connectivity index (χ0v) is 26.6. The highest BCUT2D eigenvalue weighted by Gasteiger charge is 2.38. The van der Waals surface area contributed by atoms with Crippen LogP contribution in [0.1, 0.15) is 72.9 Å². The lowest BCUT2D eigenvalue weighted by Gasteiger charge is -2.35. The maximum Gasteiger partial charge on any atom is 0.416 e. The van der Waals surface area contributed by atoms with Crippen LogP contribution in [0.2, 0.25) is 0 Å². The van der Waals surface area contributed by atoms with Gasteiger partial charge in [0.15, 0.2) is 0 Å². The van der Waals surface area contributed by atoms with Gasteiger partial charge in [-0.25, -0.2) is 0 Å². The Kier molecular flexibility index (Phi) is 10.9. The number of benzene rings is 2. The van der Waals surface area contributed by atoms with E-state index in [0.717, 1.165) is 10.9 Å². The summed E-state index contributed by atoms with van der Waals surface area (Å²) in [5.41, 5.74) is -3.86. The third-order valence-electron chi connectivity index (χ3n) is 8.22. The van der Waals surface area contributed by atoms with E-state index < -0.39 is 41.8 Å². The molecule has 48 heavy (non-hydrogen) atoms. The Morgan fingerprint density at radius 1 is 0.875 bits per heavy atom. The van der Waals surface area contributed by atoms with Crippen LogP contribution >= 0.6 is 0 Å². The fourth-order valence-corrected chi connectivity index (χ4v) is 5.99. The normalized spacial score (nSPS) is 17.4. The summed E-state index contributed by atoms with van der Waals surface area (Å²) in [5.74, 6) is -0.484. The molecule has 0 aliphatic heterocycles. The number of hydrogen-bond acceptors (Lipinski definition) is 7. The molecule has 2 aromatic carbocycles. The number of ether oxygens (including phenoxy) is 1. The predicted octanol–water partition coefficient (Wildman–Crippen LogP) is 7.73. The van der Waals surface area contributed by atoms with Crippen LogP contribution in [0.5, 0.6) is 0 Å². The van der Waals surface area contributed by atoms with E-state index in [1.807, 2.05) is 0 Å². The van der Waals surface area contributed by atoms with Gasteiger partial charge in [-0.1, -0.05) is 11.2 Å². The molecule has 1 aliphatic rings. The van der Waals surface area contributed by atoms with Gasteiger partial charge in [-0.05, 0) is 91.6 Å². The first-order valence-corrected chi connectivity index (χ1v) is 15.1. The second kappa shape index (κ2) is 14.2. The van der Waals surface area contributed by atoms with Gasteiger partial charge in [-0.3, -0.25) is 4.79 Å². The molecule has 0 radical (unpaired) electrons. The van der Waals surface area contributed by atoms with Crippen molar-refractivity contribution < 1.29 is 49.0 Å². The summed E-state index contributed by atoms with van der Waals surface area (Å²) in [7, 11) is 1.41. The smallest absolute Gasteiger partial charge is 0.416 e. The van der Waals surface area contributed by atoms with E-state index in [9.17, 15) is 44.3 Å². The number of nitrogens with zero attached hydrogens (tertiary/aromatic N) is 6. The van der Waals surface area contributed by atoms with E-state index in [-0.39, 0.29) is 53.4 Å². The number of carbonyl (C=O) groups excluding carboxylic acids is 1. The highest BCUT2D eigenvalue weighted by molar-refractivity contribution is 5.66. The standard InChI is InChI=1S/C31H35F9N6O2/c1-5-45(15-20-6-8-25(9-7-20)48-19(3)47)27-14-26(31(38,39)40)18(2)10-22(27)17-46(28-41-43-44(4)42-28)16-21-11-23(29(32,33)34)13-24(12-21)30(35,36)37/h10-14,20,25H,5-9,15-17H2,1-4H3. The average molecular weight is 695 g/mol. The fraction of sp³-hybridized carbons (Fsp3) is 0.548. The number of carbonyl (C=O) groups is 1. The highest BCUT2D eigenvalue weighted by atomic mass is 19.4. The van der Waals surface area contributed by atoms with Crippen LogP contribution in [0.4, 0.5) is 51.1 Å². The first kappa shape index (κ1) is 36.8. The van der Waals surface area contributed by atoms with E-state index in [2.05, 4.69) is 15.4 Å². The fourth-order valence-electron chi connectivity index (χ4n) is 5.99. The molecule has 0 spiro atoms. The van der Waals surface area contributed by atoms with E-state index in [4.69, 9.17) is 4.74 Å². The van der Waals surface area contributed by atoms with Crippen LogP contribution in [0.15, 0.2) is 30.3 Å². The van der Waals surface area contributed by atoms with E-state index in [1.165, 1.54) is 31.9 Å². The Bertz CT molecular complexity index is 1550. The minimum Gasteiger partial charge on any atom is -0.463 e. The van der Waals surface area contributed by atoms with Crippen molar-refractivity contribution in [2.45, 2.75) is 84.2 Å². The molecule has 3 aromatic rings. The van der Waals surface area contributed by atoms with Crippen molar-refractivity contribution in [3.8, 4) is 0 Å². The summed E-state index contributed by atoms with van der Waals surface area (Å²) in [6.45, 7) is 4.20. The van der Waals surface area contributed by atoms with Crippen LogP contribution in [0, 0.1) is 12.8 Å². The van der Waals surface area contributed by atoms with Gasteiger partial charge in [0.2, 0.25) is 0 Å². The lowest BCUT2D eigenvalue weighted by Crippen LogP contribution is -2.35. The van der Waals surface area contributed by atoms with Crippen molar-refractivity contribution in [3.63, 3.8) is 0 Å². The molecule has 0 amide bonds. The second-order valence-electron chi connectivity index (χ2n) is 11.9. The summed E-state index contributed by atoms with van der Waals surface area (Å²) < 4.78 is 130. The lowest BCUT2D eigenvalue weighted by molar-refractivity contribution is -0.148. The summed E-state index contributed by atoms with van der Waals surface area (Å²) >= 11 is 0. The number of aromatic nitrogens is 4. The van der Waals surface area contributed by atoms with Gasteiger partial charge in [0.1, 0.15) is 6.10 Å². The van der Waals surface area contributed by atoms with Gasteiger partial charge in [-0.2, -0.15) is 44.3 Å². The third kappa shape index (κ3) is 9.30. The lowest BCUT2D eigenvalue weighted by atomic mass is 9.86. The van der Waals surface area contributed by atoms with Crippen molar-refractivity contribution in [2.75, 3.05) is 22.9 Å². The van der Waals surface area contributed by atoms with Crippen molar-refractivity contribution in [1.29, 1.82) is 0 Å². The number of aryl methyl sites for hydroxylation is 2. The van der Waals surface area contributed by atoms with Gasteiger partial charge in [0.25, 0.3) is 5.95 Å². The molecule has 17 heteroatoms. The van der Waals surface area contributed by atoms with Crippen molar-refractivity contribution in [1.82, 2.24) is 20.2 Å². The minimum atomic E-state index is -5.08. The van der Waals surface area contributed by atoms with Gasteiger partial charge >= 0.3 is 24.5 Å². The topological polar surface area (TPSA) is 76.4 Å². The summed E-state index contributed by atoms with van der Waals surface area (Å²) in [6.07, 6.45) is -12.6. The largest absolute Gasteiger partial charge is 0.463 e. The number of alkyl halides is 9. The number of rotatable bonds is 10. The predicted molar refractivity (Wildman–Crippen MR) is 157 cm³/mol. The quantitative estimate of drug-likeness (QED) is 0.159. The van der Waals surface area contributed by atoms with Crippen LogP contribution in [-0.2, 0) is 48.2 Å². The highest BCUT2D eigenvalue weighted by Crippen LogP contribution is 2.40. The van der Waals surface area contributed by atoms with E-state index in [1.54, 1.807) is 11.8 Å². The molecule has 0 bridgehead atoms. The minimum absolute atomic E-state index is 0.0184. The zero-order chi connectivity index (χ0) is 35.6. The van der Waals surface area contributed by atoms with Crippen molar-refractivity contribution in [3.05, 3.63) is 63.7 Å². The molecule has 0 saturated heterocycles. The Morgan fingerprint density at radius 2 is 1.48 bits per heavy atom. The van der Waals surface area contributed by atoms with Crippen LogP contribution in [0.25, 0.3) is 0 Å². The molecule has 0 atom stereocenters. The molecule has 1 aliphatic carbocycles. The monoisotopic (exact) mass is 694 g/mol. The first-order valence-electron chi connectivity index (χ1n) is 15.1. The maximum atomic E-state index is 14.1. The Hall–Kier alpha value is -4.05. The molecular weight excluding hydrogens is 659 g/mol. The Labute approximate surface area is 270 Å². The number of hydrogen-bond donors (Lipinski definition) is 0. The van der Waals surface area contributed by atoms with Crippen molar-refractivity contribution >= 4 is 17.6 Å². The number of anilines is 2. The van der Waals surface area contributed by atoms with E-state index in [0.29, 0.717) is 56.5 Å². The molecule has 1 fully saturated rings. The van der Waals surface area contributed by atoms with Gasteiger partial charge in [0.05, 0.1) is 23.7 Å². The maximum absolute atomic E-state index is 14.1. The van der Waals surface area contributed by atoms with Crippen molar-refractivity contribution in [2.24, 2.45) is 13.0 Å². The molecule has 1 heterocycles. The van der Waals surface area contributed by atoms with Gasteiger partial charge < -0.3 is 14.5 Å². The molecule has 1 saturated carbocycles. The SMILES string of the molecule is CCN(CC1CCC(OC(C)=O)CC1)c1cc(C(F)(F)F)c(C)cc1CN(Cc1cc(C(F)(F)F)cc(C(F)(F)F)c1)c1nnn(C)n1. The third-order valence-corrected chi connectivity index (χ3v) is 8.22. The molecule has 0 unspecified atom stereocenters. The second-order valence-corrected chi connectivity index (χ2v) is 11.9. The summed E-state index contributed by atoms with van der Waals surface area (Å²) in [6, 6.07) is 3.52. The molecule has 1 aromatic heterocycles. The van der Waals surface area contributed by atoms with Crippen LogP contribution in [-0.4, -0.2) is 45.4 Å². The summed E-state index contributed by atoms with van der Waals surface area (Å²) in [5, 5.41) is 11.7. The van der Waals surface area contributed by atoms with E-state index >= 15 is 0 Å². The average Bonchev–Trinajstić information content (AvgIpc) is 3.41. The first-order chi connectivity index (χ1) is 22.2. The zero-order valence-electron chi connectivity index (χ0n) is 26.6. The van der Waals surface area contributed by atoms with Crippen LogP contribution in [0.3, 0.4) is 0 Å². The Morgan fingerprint density at radius 3 is 1.96 bits per heavy atom. The molecule has 4 rings (SSSR count). The molecule has 264 valence electrons. The summed E-state index contributed by atoms with van der Waals surface area (Å²) in [4.78, 5) is 15.5. The van der Waals surface area contributed by atoms with Gasteiger partial charge in [-0.15, -0.1) is 5.10 Å². The van der Waals surface area contributed by atoms with Crippen LogP contribution < -0.4 is 9.80 Å². The number of esters is 1.